The Kier molecular flexibility index (Phi) is 10.0. The van der Waals surface area contributed by atoms with Gasteiger partial charge >= 0.3 is 0 Å². The summed E-state index contributed by atoms with van der Waals surface area (Å²) in [6.07, 6.45) is 1.43. The number of anilines is 1. The SMILES string of the molecule is CCn1c(=C(C#N)C(=O)NCCF)sc(=CNc2cccc(OCC(=O)NCCF)c2)c1=O. The molecule has 0 saturated carbocycles. The van der Waals surface area contributed by atoms with Gasteiger partial charge in [-0.1, -0.05) is 6.07 Å². The zero-order chi connectivity index (χ0) is 24.2. The van der Waals surface area contributed by atoms with E-state index in [9.17, 15) is 28.4 Å². The van der Waals surface area contributed by atoms with Crippen molar-refractivity contribution in [1.29, 1.82) is 5.26 Å². The van der Waals surface area contributed by atoms with Crippen molar-refractivity contribution >= 4 is 40.6 Å². The maximum absolute atomic E-state index is 12.7. The summed E-state index contributed by atoms with van der Waals surface area (Å²) in [7, 11) is 0. The molecule has 2 aromatic rings. The molecule has 0 saturated heterocycles. The van der Waals surface area contributed by atoms with Gasteiger partial charge in [0.15, 0.2) is 12.2 Å². The molecule has 0 spiro atoms. The lowest BCUT2D eigenvalue weighted by molar-refractivity contribution is -0.123. The van der Waals surface area contributed by atoms with Gasteiger partial charge in [-0.3, -0.25) is 19.0 Å². The Hall–Kier alpha value is -3.72. The summed E-state index contributed by atoms with van der Waals surface area (Å²) in [6.45, 7) is -0.104. The molecule has 12 heteroatoms. The van der Waals surface area contributed by atoms with Gasteiger partial charge in [0.25, 0.3) is 17.4 Å². The van der Waals surface area contributed by atoms with Gasteiger partial charge in [-0.15, -0.1) is 11.3 Å². The van der Waals surface area contributed by atoms with E-state index in [4.69, 9.17) is 4.74 Å². The number of carbonyl (C=O) groups excluding carboxylic acids is 2. The van der Waals surface area contributed by atoms with E-state index in [0.717, 1.165) is 11.3 Å². The van der Waals surface area contributed by atoms with Crippen LogP contribution in [0, 0.1) is 11.3 Å². The van der Waals surface area contributed by atoms with Crippen LogP contribution >= 0.6 is 11.3 Å². The van der Waals surface area contributed by atoms with Crippen molar-refractivity contribution in [3.05, 3.63) is 43.8 Å². The third kappa shape index (κ3) is 7.15. The lowest BCUT2D eigenvalue weighted by Crippen LogP contribution is -2.35. The zero-order valence-electron chi connectivity index (χ0n) is 17.8. The van der Waals surface area contributed by atoms with Crippen LogP contribution in [0.4, 0.5) is 14.5 Å². The van der Waals surface area contributed by atoms with Crippen LogP contribution in [0.5, 0.6) is 5.75 Å². The first-order chi connectivity index (χ1) is 15.9. The third-order valence-corrected chi connectivity index (χ3v) is 5.28. The van der Waals surface area contributed by atoms with Gasteiger partial charge in [-0.2, -0.15) is 5.26 Å². The van der Waals surface area contributed by atoms with Gasteiger partial charge in [-0.05, 0) is 19.1 Å². The quantitative estimate of drug-likeness (QED) is 0.417. The molecule has 9 nitrogen and oxygen atoms in total. The van der Waals surface area contributed by atoms with Crippen molar-refractivity contribution in [3.8, 4) is 11.8 Å². The molecule has 33 heavy (non-hydrogen) atoms. The molecule has 0 radical (unpaired) electrons. The first-order valence-corrected chi connectivity index (χ1v) is 10.8. The minimum Gasteiger partial charge on any atom is -0.484 e. The number of thiazole rings is 1. The first-order valence-electron chi connectivity index (χ1n) is 9.95. The van der Waals surface area contributed by atoms with E-state index in [1.807, 2.05) is 0 Å². The number of alkyl halides is 2. The van der Waals surface area contributed by atoms with Gasteiger partial charge in [0.1, 0.15) is 34.4 Å². The Morgan fingerprint density at radius 3 is 2.64 bits per heavy atom. The van der Waals surface area contributed by atoms with Crippen LogP contribution in [0.2, 0.25) is 0 Å². The van der Waals surface area contributed by atoms with E-state index < -0.39 is 30.7 Å². The fourth-order valence-electron chi connectivity index (χ4n) is 2.65. The molecule has 3 N–H and O–H groups in total. The highest BCUT2D eigenvalue weighted by molar-refractivity contribution is 7.07. The van der Waals surface area contributed by atoms with Crippen molar-refractivity contribution in [3.63, 3.8) is 0 Å². The van der Waals surface area contributed by atoms with E-state index in [1.54, 1.807) is 37.3 Å². The summed E-state index contributed by atoms with van der Waals surface area (Å²) in [5, 5.41) is 17.0. The first kappa shape index (κ1) is 25.5. The molecule has 0 fully saturated rings. The van der Waals surface area contributed by atoms with Crippen LogP contribution < -0.4 is 35.4 Å². The van der Waals surface area contributed by atoms with Crippen molar-refractivity contribution in [1.82, 2.24) is 15.2 Å². The average Bonchev–Trinajstić information content (AvgIpc) is 3.14. The fraction of sp³-hybridized carbons (Fsp3) is 0.333. The Labute approximate surface area is 192 Å². The molecule has 0 aliphatic rings. The number of hydrogen-bond donors (Lipinski definition) is 3. The second-order valence-corrected chi connectivity index (χ2v) is 7.43. The predicted octanol–water partition coefficient (Wildman–Crippen LogP) is 0.00428. The second kappa shape index (κ2) is 13.0. The number of benzene rings is 1. The van der Waals surface area contributed by atoms with E-state index in [1.165, 1.54) is 10.8 Å². The number of nitrogens with one attached hydrogen (secondary N) is 3. The van der Waals surface area contributed by atoms with E-state index >= 15 is 0 Å². The van der Waals surface area contributed by atoms with Crippen molar-refractivity contribution in [2.24, 2.45) is 0 Å². The molecule has 2 amide bonds. The number of nitrogens with zero attached hydrogens (tertiary/aromatic N) is 2. The number of hydrogen-bond acceptors (Lipinski definition) is 7. The number of aromatic nitrogens is 1. The summed E-state index contributed by atoms with van der Waals surface area (Å²) in [4.78, 5) is 36.4. The lowest BCUT2D eigenvalue weighted by atomic mass is 10.3. The van der Waals surface area contributed by atoms with Crippen molar-refractivity contribution in [2.45, 2.75) is 13.5 Å². The molecular formula is C21H23F2N5O4S. The van der Waals surface area contributed by atoms with Crippen LogP contribution in [-0.2, 0) is 16.1 Å². The molecule has 0 aliphatic heterocycles. The van der Waals surface area contributed by atoms with Gasteiger partial charge in [0.2, 0.25) is 0 Å². The Morgan fingerprint density at radius 1 is 1.24 bits per heavy atom. The molecule has 1 aromatic heterocycles. The number of nitriles is 1. The number of rotatable bonds is 11. The van der Waals surface area contributed by atoms with Crippen LogP contribution in [0.1, 0.15) is 6.92 Å². The Balaban J connectivity index is 2.28. The van der Waals surface area contributed by atoms with Gasteiger partial charge < -0.3 is 20.7 Å². The minimum atomic E-state index is -0.774. The zero-order valence-corrected chi connectivity index (χ0v) is 18.6. The van der Waals surface area contributed by atoms with Gasteiger partial charge in [0, 0.05) is 37.6 Å². The van der Waals surface area contributed by atoms with Gasteiger partial charge in [0.05, 0.1) is 0 Å². The highest BCUT2D eigenvalue weighted by Crippen LogP contribution is 2.17. The van der Waals surface area contributed by atoms with E-state index in [-0.39, 0.29) is 41.0 Å². The van der Waals surface area contributed by atoms with Gasteiger partial charge in [-0.25, -0.2) is 8.78 Å². The molecule has 0 aliphatic carbocycles. The second-order valence-electron chi connectivity index (χ2n) is 6.40. The topological polar surface area (TPSA) is 125 Å². The smallest absolute Gasteiger partial charge is 0.270 e. The average molecular weight is 480 g/mol. The normalized spacial score (nSPS) is 12.0. The summed E-state index contributed by atoms with van der Waals surface area (Å²) in [5.74, 6) is -0.825. The number of halogens is 2. The number of amides is 2. The maximum atomic E-state index is 12.7. The number of ether oxygens (including phenoxy) is 1. The van der Waals surface area contributed by atoms with Crippen molar-refractivity contribution in [2.75, 3.05) is 38.4 Å². The predicted molar refractivity (Wildman–Crippen MR) is 121 cm³/mol. The van der Waals surface area contributed by atoms with E-state index in [2.05, 4.69) is 16.0 Å². The molecule has 2 rings (SSSR count). The standard InChI is InChI=1S/C21H23F2N5O4S/c1-2-28-20(31)17(33-21(28)16(11-24)19(30)26-9-7-23)12-27-14-4-3-5-15(10-14)32-13-18(29)25-8-6-22/h3-5,10,12,27H,2,6-9,13H2,1H3,(H,25,29)(H,26,30). The Morgan fingerprint density at radius 2 is 1.97 bits per heavy atom. The third-order valence-electron chi connectivity index (χ3n) is 4.15. The monoisotopic (exact) mass is 479 g/mol. The molecule has 1 heterocycles. The summed E-state index contributed by atoms with van der Waals surface area (Å²) in [6, 6.07) is 8.40. The Bertz CT molecular complexity index is 1200. The molecule has 1 aromatic carbocycles. The highest BCUT2D eigenvalue weighted by atomic mass is 32.1. The molecule has 0 unspecified atom stereocenters. The molecule has 0 atom stereocenters. The summed E-state index contributed by atoms with van der Waals surface area (Å²) < 4.78 is 31.5. The molecule has 0 bridgehead atoms. The van der Waals surface area contributed by atoms with Crippen LogP contribution in [0.15, 0.2) is 29.1 Å². The molecule has 176 valence electrons. The van der Waals surface area contributed by atoms with E-state index in [0.29, 0.717) is 11.4 Å². The molecular weight excluding hydrogens is 456 g/mol. The minimum absolute atomic E-state index is 0.0840. The summed E-state index contributed by atoms with van der Waals surface area (Å²) >= 11 is 0.954. The van der Waals surface area contributed by atoms with Crippen LogP contribution in [0.3, 0.4) is 0 Å². The van der Waals surface area contributed by atoms with Crippen LogP contribution in [-0.4, -0.2) is 49.4 Å². The maximum Gasteiger partial charge on any atom is 0.270 e. The fourth-order valence-corrected chi connectivity index (χ4v) is 3.73. The lowest BCUT2D eigenvalue weighted by Gasteiger charge is -2.08. The largest absolute Gasteiger partial charge is 0.484 e. The number of carbonyl (C=O) groups is 2. The summed E-state index contributed by atoms with van der Waals surface area (Å²) in [5.41, 5.74) is -0.110. The van der Waals surface area contributed by atoms with Crippen molar-refractivity contribution < 1.29 is 23.1 Å². The highest BCUT2D eigenvalue weighted by Gasteiger charge is 2.15. The van der Waals surface area contributed by atoms with Crippen LogP contribution in [0.25, 0.3) is 11.8 Å².